The van der Waals surface area contributed by atoms with E-state index in [0.717, 1.165) is 5.56 Å². The van der Waals surface area contributed by atoms with Gasteiger partial charge in [-0.3, -0.25) is 9.79 Å². The monoisotopic (exact) mass is 472 g/mol. The number of nitrogens with zero attached hydrogens (tertiary/aromatic N) is 1. The smallest absolute Gasteiger partial charge is 0.291 e. The summed E-state index contributed by atoms with van der Waals surface area (Å²) < 4.78 is 10.2. The maximum atomic E-state index is 11.9. The Morgan fingerprint density at radius 2 is 2.00 bits per heavy atom. The van der Waals surface area contributed by atoms with Crippen LogP contribution in [0.25, 0.3) is 0 Å². The first-order valence-corrected chi connectivity index (χ1v) is 8.02. The van der Waals surface area contributed by atoms with Crippen molar-refractivity contribution in [3.8, 4) is 0 Å². The fourth-order valence-electron chi connectivity index (χ4n) is 2.21. The lowest BCUT2D eigenvalue weighted by atomic mass is 10.2. The van der Waals surface area contributed by atoms with E-state index in [0.29, 0.717) is 24.8 Å². The van der Waals surface area contributed by atoms with E-state index in [1.54, 1.807) is 26.3 Å². The molecule has 142 valence electrons. The number of rotatable bonds is 7. The number of furan rings is 1. The van der Waals surface area contributed by atoms with Gasteiger partial charge in [0.15, 0.2) is 11.7 Å². The molecule has 0 spiro atoms. The second-order valence-corrected chi connectivity index (χ2v) is 5.55. The first kappa shape index (κ1) is 22.0. The Morgan fingerprint density at radius 3 is 2.58 bits per heavy atom. The zero-order valence-corrected chi connectivity index (χ0v) is 17.4. The van der Waals surface area contributed by atoms with Gasteiger partial charge in [-0.1, -0.05) is 12.1 Å². The van der Waals surface area contributed by atoms with Gasteiger partial charge in [0.05, 0.1) is 12.9 Å². The number of benzene rings is 1. The lowest BCUT2D eigenvalue weighted by Gasteiger charge is -2.17. The van der Waals surface area contributed by atoms with Gasteiger partial charge in [-0.25, -0.2) is 0 Å². The van der Waals surface area contributed by atoms with E-state index in [1.165, 1.54) is 6.26 Å². The molecule has 26 heavy (non-hydrogen) atoms. The first-order chi connectivity index (χ1) is 12.1. The van der Waals surface area contributed by atoms with Crippen LogP contribution in [-0.2, 0) is 11.3 Å². The molecule has 2 rings (SSSR count). The Hall–Kier alpha value is -2.07. The van der Waals surface area contributed by atoms with Crippen molar-refractivity contribution in [2.45, 2.75) is 19.5 Å². The number of carbonyl (C=O) groups is 1. The lowest BCUT2D eigenvalue weighted by Crippen LogP contribution is -2.43. The highest BCUT2D eigenvalue weighted by Crippen LogP contribution is 2.11. The summed E-state index contributed by atoms with van der Waals surface area (Å²) in [5.41, 5.74) is 1.78. The third kappa shape index (κ3) is 7.04. The number of nitrogens with one attached hydrogen (secondary N) is 3. The van der Waals surface area contributed by atoms with Gasteiger partial charge in [-0.2, -0.15) is 0 Å². The van der Waals surface area contributed by atoms with Gasteiger partial charge in [0, 0.05) is 32.4 Å². The average molecular weight is 472 g/mol. The minimum absolute atomic E-state index is 0. The van der Waals surface area contributed by atoms with Crippen molar-refractivity contribution in [1.82, 2.24) is 10.6 Å². The molecule has 1 unspecified atom stereocenters. The van der Waals surface area contributed by atoms with Crippen LogP contribution < -0.4 is 16.0 Å². The molecule has 0 bridgehead atoms. The summed E-state index contributed by atoms with van der Waals surface area (Å²) in [6.07, 6.45) is 1.47. The molecule has 0 aliphatic heterocycles. The summed E-state index contributed by atoms with van der Waals surface area (Å²) in [4.78, 5) is 16.1. The lowest BCUT2D eigenvalue weighted by molar-refractivity contribution is 0.0996. The Bertz CT molecular complexity index is 687. The molecule has 1 amide bonds. The molecule has 0 aliphatic rings. The fourth-order valence-corrected chi connectivity index (χ4v) is 2.21. The Balaban J connectivity index is 0.00000338. The topological polar surface area (TPSA) is 87.9 Å². The number of guanidine groups is 1. The minimum Gasteiger partial charge on any atom is -0.459 e. The van der Waals surface area contributed by atoms with Gasteiger partial charge in [0.2, 0.25) is 0 Å². The van der Waals surface area contributed by atoms with Crippen molar-refractivity contribution in [2.24, 2.45) is 4.99 Å². The quantitative estimate of drug-likeness (QED) is 0.328. The van der Waals surface area contributed by atoms with Gasteiger partial charge >= 0.3 is 0 Å². The van der Waals surface area contributed by atoms with E-state index >= 15 is 0 Å². The highest BCUT2D eigenvalue weighted by molar-refractivity contribution is 14.0. The maximum absolute atomic E-state index is 11.9. The molecule has 0 radical (unpaired) electrons. The number of ether oxygens (including phenoxy) is 1. The minimum atomic E-state index is -0.271. The van der Waals surface area contributed by atoms with Crippen LogP contribution in [0.4, 0.5) is 5.69 Å². The number of aliphatic imine (C=N–C) groups is 1. The molecular weight excluding hydrogens is 447 g/mol. The molecule has 3 N–H and O–H groups in total. The van der Waals surface area contributed by atoms with Gasteiger partial charge in [-0.05, 0) is 36.8 Å². The van der Waals surface area contributed by atoms with Gasteiger partial charge in [-0.15, -0.1) is 24.0 Å². The number of halogens is 1. The highest BCUT2D eigenvalue weighted by Gasteiger charge is 2.08. The number of methoxy groups -OCH3 is 1. The Labute approximate surface area is 170 Å². The van der Waals surface area contributed by atoms with E-state index in [-0.39, 0.29) is 41.7 Å². The van der Waals surface area contributed by atoms with Crippen LogP contribution in [0, 0.1) is 0 Å². The third-order valence-electron chi connectivity index (χ3n) is 3.44. The summed E-state index contributed by atoms with van der Waals surface area (Å²) in [6.45, 7) is 3.24. The molecule has 0 saturated carbocycles. The zero-order chi connectivity index (χ0) is 18.1. The Morgan fingerprint density at radius 1 is 1.27 bits per heavy atom. The van der Waals surface area contributed by atoms with Gasteiger partial charge < -0.3 is 25.1 Å². The van der Waals surface area contributed by atoms with Crippen molar-refractivity contribution in [3.05, 3.63) is 54.0 Å². The zero-order valence-electron chi connectivity index (χ0n) is 15.1. The van der Waals surface area contributed by atoms with E-state index in [2.05, 4.69) is 20.9 Å². The van der Waals surface area contributed by atoms with E-state index in [4.69, 9.17) is 9.15 Å². The number of amides is 1. The Kier molecular flexibility index (Phi) is 9.74. The third-order valence-corrected chi connectivity index (χ3v) is 3.44. The molecular formula is C18H25IN4O3. The van der Waals surface area contributed by atoms with Crippen LogP contribution in [0.5, 0.6) is 0 Å². The van der Waals surface area contributed by atoms with E-state index in [9.17, 15) is 4.79 Å². The van der Waals surface area contributed by atoms with Gasteiger partial charge in [0.25, 0.3) is 5.91 Å². The molecule has 1 aromatic heterocycles. The van der Waals surface area contributed by atoms with Crippen LogP contribution in [-0.4, -0.2) is 38.7 Å². The summed E-state index contributed by atoms with van der Waals surface area (Å²) in [7, 11) is 3.39. The second-order valence-electron chi connectivity index (χ2n) is 5.55. The summed E-state index contributed by atoms with van der Waals surface area (Å²) in [5, 5.41) is 9.26. The number of hydrogen-bond acceptors (Lipinski definition) is 4. The van der Waals surface area contributed by atoms with Crippen molar-refractivity contribution < 1.29 is 13.9 Å². The van der Waals surface area contributed by atoms with Crippen molar-refractivity contribution >= 4 is 41.5 Å². The molecule has 1 atom stereocenters. The summed E-state index contributed by atoms with van der Waals surface area (Å²) in [6, 6.07) is 11.0. The maximum Gasteiger partial charge on any atom is 0.291 e. The molecule has 0 saturated heterocycles. The number of anilines is 1. The normalized spacial score (nSPS) is 12.0. The number of carbonyl (C=O) groups excluding carboxylic acids is 1. The van der Waals surface area contributed by atoms with E-state index < -0.39 is 0 Å². The van der Waals surface area contributed by atoms with Crippen LogP contribution in [0.3, 0.4) is 0 Å². The van der Waals surface area contributed by atoms with Crippen LogP contribution in [0.15, 0.2) is 52.1 Å². The SMILES string of the molecule is CN=C(NCc1ccc(NC(=O)c2ccco2)cc1)NC(C)COC.I. The predicted molar refractivity (Wildman–Crippen MR) is 113 cm³/mol. The first-order valence-electron chi connectivity index (χ1n) is 8.02. The average Bonchev–Trinajstić information content (AvgIpc) is 3.15. The largest absolute Gasteiger partial charge is 0.459 e. The predicted octanol–water partition coefficient (Wildman–Crippen LogP) is 2.85. The fraction of sp³-hybridized carbons (Fsp3) is 0.333. The van der Waals surface area contributed by atoms with E-state index in [1.807, 2.05) is 31.2 Å². The summed E-state index contributed by atoms with van der Waals surface area (Å²) >= 11 is 0. The van der Waals surface area contributed by atoms with Crippen LogP contribution in [0.1, 0.15) is 23.0 Å². The van der Waals surface area contributed by atoms with Crippen molar-refractivity contribution in [1.29, 1.82) is 0 Å². The van der Waals surface area contributed by atoms with Crippen LogP contribution in [0.2, 0.25) is 0 Å². The molecule has 1 heterocycles. The molecule has 1 aromatic carbocycles. The molecule has 7 nitrogen and oxygen atoms in total. The molecule has 0 fully saturated rings. The standard InChI is InChI=1S/C18H24N4O3.HI/c1-13(12-24-3)21-18(19-2)20-11-14-6-8-15(9-7-14)22-17(23)16-5-4-10-25-16;/h4-10,13H,11-12H2,1-3H3,(H,22,23)(H2,19,20,21);1H. The second kappa shape index (κ2) is 11.5. The van der Waals surface area contributed by atoms with Gasteiger partial charge in [0.1, 0.15) is 0 Å². The van der Waals surface area contributed by atoms with Crippen LogP contribution >= 0.6 is 24.0 Å². The highest BCUT2D eigenvalue weighted by atomic mass is 127. The molecule has 2 aromatic rings. The molecule has 0 aliphatic carbocycles. The molecule has 8 heteroatoms. The number of hydrogen-bond donors (Lipinski definition) is 3. The van der Waals surface area contributed by atoms with Crippen molar-refractivity contribution in [2.75, 3.05) is 26.1 Å². The van der Waals surface area contributed by atoms with Crippen molar-refractivity contribution in [3.63, 3.8) is 0 Å². The summed E-state index contributed by atoms with van der Waals surface area (Å²) in [5.74, 6) is 0.721.